The Morgan fingerprint density at radius 1 is 1.39 bits per heavy atom. The van der Waals surface area contributed by atoms with Gasteiger partial charge in [-0.25, -0.2) is 4.39 Å². The Morgan fingerprint density at radius 2 is 2.22 bits per heavy atom. The maximum atomic E-state index is 13.3. The van der Waals surface area contributed by atoms with Gasteiger partial charge in [-0.15, -0.1) is 11.8 Å². The van der Waals surface area contributed by atoms with Crippen molar-refractivity contribution in [2.24, 2.45) is 0 Å². The van der Waals surface area contributed by atoms with Gasteiger partial charge >= 0.3 is 0 Å². The maximum Gasteiger partial charge on any atom is 0.230 e. The molecule has 1 aromatic carbocycles. The molecule has 0 unspecified atom stereocenters. The van der Waals surface area contributed by atoms with Gasteiger partial charge in [-0.2, -0.15) is 5.10 Å². The van der Waals surface area contributed by atoms with Gasteiger partial charge in [-0.1, -0.05) is 12.1 Å². The standard InChI is InChI=1S/C12H12FN3OS/c13-10-3-1-2-4-11(10)18-8-12(17)14-7-9-5-6-15-16-9/h1-6H,7-8H2,(H,14,17)(H,15,16). The van der Waals surface area contributed by atoms with Crippen molar-refractivity contribution in [3.05, 3.63) is 48.0 Å². The van der Waals surface area contributed by atoms with Crippen molar-refractivity contribution in [3.63, 3.8) is 0 Å². The summed E-state index contributed by atoms with van der Waals surface area (Å²) in [6, 6.07) is 8.18. The van der Waals surface area contributed by atoms with Gasteiger partial charge in [-0.3, -0.25) is 9.89 Å². The molecule has 0 saturated heterocycles. The number of halogens is 1. The van der Waals surface area contributed by atoms with Gasteiger partial charge in [0.05, 0.1) is 18.0 Å². The summed E-state index contributed by atoms with van der Waals surface area (Å²) in [5.41, 5.74) is 0.833. The van der Waals surface area contributed by atoms with E-state index in [0.29, 0.717) is 11.4 Å². The number of nitrogens with zero attached hydrogens (tertiary/aromatic N) is 1. The summed E-state index contributed by atoms with van der Waals surface area (Å²) in [6.45, 7) is 0.399. The first-order valence-electron chi connectivity index (χ1n) is 5.38. The van der Waals surface area contributed by atoms with Crippen molar-refractivity contribution >= 4 is 17.7 Å². The van der Waals surface area contributed by atoms with E-state index in [1.807, 2.05) is 0 Å². The Labute approximate surface area is 108 Å². The molecule has 0 radical (unpaired) electrons. The summed E-state index contributed by atoms with van der Waals surface area (Å²) < 4.78 is 13.3. The molecular weight excluding hydrogens is 253 g/mol. The van der Waals surface area contributed by atoms with E-state index in [1.165, 1.54) is 17.8 Å². The third-order valence-corrected chi connectivity index (χ3v) is 3.28. The van der Waals surface area contributed by atoms with Crippen molar-refractivity contribution in [3.8, 4) is 0 Å². The predicted octanol–water partition coefficient (Wildman–Crippen LogP) is 1.96. The first-order valence-corrected chi connectivity index (χ1v) is 6.36. The summed E-state index contributed by atoms with van der Waals surface area (Å²) in [5.74, 6) is -0.253. The van der Waals surface area contributed by atoms with Gasteiger partial charge in [0.25, 0.3) is 0 Å². The van der Waals surface area contributed by atoms with Crippen molar-refractivity contribution in [2.75, 3.05) is 5.75 Å². The van der Waals surface area contributed by atoms with E-state index in [0.717, 1.165) is 5.69 Å². The summed E-state index contributed by atoms with van der Waals surface area (Å²) in [7, 11) is 0. The predicted molar refractivity (Wildman–Crippen MR) is 67.6 cm³/mol. The zero-order chi connectivity index (χ0) is 12.8. The Balaban J connectivity index is 1.77. The maximum absolute atomic E-state index is 13.3. The highest BCUT2D eigenvalue weighted by Crippen LogP contribution is 2.20. The third-order valence-electron chi connectivity index (χ3n) is 2.23. The van der Waals surface area contributed by atoms with Gasteiger partial charge in [-0.05, 0) is 18.2 Å². The van der Waals surface area contributed by atoms with Crippen molar-refractivity contribution in [1.29, 1.82) is 0 Å². The van der Waals surface area contributed by atoms with E-state index in [1.54, 1.807) is 30.5 Å². The number of thioether (sulfide) groups is 1. The van der Waals surface area contributed by atoms with Crippen molar-refractivity contribution in [2.45, 2.75) is 11.4 Å². The van der Waals surface area contributed by atoms with Gasteiger partial charge in [0.1, 0.15) is 5.82 Å². The van der Waals surface area contributed by atoms with E-state index in [4.69, 9.17) is 0 Å². The van der Waals surface area contributed by atoms with Crippen LogP contribution < -0.4 is 5.32 Å². The highest BCUT2D eigenvalue weighted by Gasteiger charge is 2.06. The molecule has 0 spiro atoms. The zero-order valence-electron chi connectivity index (χ0n) is 9.52. The molecule has 0 aliphatic rings. The van der Waals surface area contributed by atoms with Crippen LogP contribution in [0.3, 0.4) is 0 Å². The monoisotopic (exact) mass is 265 g/mol. The number of rotatable bonds is 5. The Kier molecular flexibility index (Phi) is 4.35. The largest absolute Gasteiger partial charge is 0.350 e. The van der Waals surface area contributed by atoms with E-state index < -0.39 is 0 Å². The number of carbonyl (C=O) groups is 1. The molecule has 18 heavy (non-hydrogen) atoms. The Hall–Kier alpha value is -1.82. The fourth-order valence-electron chi connectivity index (χ4n) is 1.33. The summed E-state index contributed by atoms with van der Waals surface area (Å²) >= 11 is 1.18. The van der Waals surface area contributed by atoms with Crippen LogP contribution in [-0.2, 0) is 11.3 Å². The number of aromatic amines is 1. The molecule has 0 aliphatic carbocycles. The molecular formula is C12H12FN3OS. The van der Waals surface area contributed by atoms with Crippen LogP contribution in [0.2, 0.25) is 0 Å². The fourth-order valence-corrected chi connectivity index (χ4v) is 2.10. The Morgan fingerprint density at radius 3 is 2.94 bits per heavy atom. The second kappa shape index (κ2) is 6.20. The summed E-state index contributed by atoms with van der Waals surface area (Å²) in [4.78, 5) is 12.0. The van der Waals surface area contributed by atoms with E-state index in [9.17, 15) is 9.18 Å². The number of H-pyrrole nitrogens is 1. The second-order valence-corrected chi connectivity index (χ2v) is 4.59. The van der Waals surface area contributed by atoms with Crippen LogP contribution in [0.5, 0.6) is 0 Å². The minimum absolute atomic E-state index is 0.141. The third kappa shape index (κ3) is 3.59. The van der Waals surface area contributed by atoms with Gasteiger partial charge in [0.15, 0.2) is 0 Å². The van der Waals surface area contributed by atoms with Crippen LogP contribution in [0.25, 0.3) is 0 Å². The number of benzene rings is 1. The van der Waals surface area contributed by atoms with Crippen LogP contribution in [-0.4, -0.2) is 21.9 Å². The van der Waals surface area contributed by atoms with Gasteiger partial charge < -0.3 is 5.32 Å². The van der Waals surface area contributed by atoms with E-state index in [2.05, 4.69) is 15.5 Å². The minimum atomic E-state index is -0.302. The first-order chi connectivity index (χ1) is 8.75. The number of carbonyl (C=O) groups excluding carboxylic acids is 1. The smallest absolute Gasteiger partial charge is 0.230 e. The SMILES string of the molecule is O=C(CSc1ccccc1F)NCc1ccn[nH]1. The van der Waals surface area contributed by atoms with Crippen LogP contribution >= 0.6 is 11.8 Å². The molecule has 2 N–H and O–H groups in total. The van der Waals surface area contributed by atoms with Crippen LogP contribution in [0, 0.1) is 5.82 Å². The lowest BCUT2D eigenvalue weighted by Gasteiger charge is -2.04. The molecule has 1 heterocycles. The first kappa shape index (κ1) is 12.6. The summed E-state index contributed by atoms with van der Waals surface area (Å²) in [6.07, 6.45) is 1.62. The molecule has 2 rings (SSSR count). The number of nitrogens with one attached hydrogen (secondary N) is 2. The molecule has 0 fully saturated rings. The topological polar surface area (TPSA) is 57.8 Å². The van der Waals surface area contributed by atoms with Crippen LogP contribution in [0.15, 0.2) is 41.4 Å². The molecule has 0 aliphatic heterocycles. The van der Waals surface area contributed by atoms with Crippen LogP contribution in [0.4, 0.5) is 4.39 Å². The molecule has 0 saturated carbocycles. The number of aromatic nitrogens is 2. The van der Waals surface area contributed by atoms with Crippen molar-refractivity contribution in [1.82, 2.24) is 15.5 Å². The van der Waals surface area contributed by atoms with E-state index >= 15 is 0 Å². The Bertz CT molecular complexity index is 516. The highest BCUT2D eigenvalue weighted by atomic mass is 32.2. The second-order valence-electron chi connectivity index (χ2n) is 3.58. The average Bonchev–Trinajstić information content (AvgIpc) is 2.88. The number of hydrogen-bond donors (Lipinski definition) is 2. The zero-order valence-corrected chi connectivity index (χ0v) is 10.3. The number of amides is 1. The molecule has 4 nitrogen and oxygen atoms in total. The molecule has 1 amide bonds. The summed E-state index contributed by atoms with van der Waals surface area (Å²) in [5, 5.41) is 9.24. The fraction of sp³-hybridized carbons (Fsp3) is 0.167. The quantitative estimate of drug-likeness (QED) is 0.812. The lowest BCUT2D eigenvalue weighted by Crippen LogP contribution is -2.24. The average molecular weight is 265 g/mol. The minimum Gasteiger partial charge on any atom is -0.350 e. The van der Waals surface area contributed by atoms with Gasteiger partial charge in [0, 0.05) is 11.1 Å². The lowest BCUT2D eigenvalue weighted by atomic mass is 10.3. The van der Waals surface area contributed by atoms with Crippen molar-refractivity contribution < 1.29 is 9.18 Å². The number of hydrogen-bond acceptors (Lipinski definition) is 3. The molecule has 0 atom stereocenters. The normalized spacial score (nSPS) is 10.3. The molecule has 0 bridgehead atoms. The molecule has 1 aromatic heterocycles. The van der Waals surface area contributed by atoms with Gasteiger partial charge in [0.2, 0.25) is 5.91 Å². The lowest BCUT2D eigenvalue weighted by molar-refractivity contribution is -0.118. The molecule has 6 heteroatoms. The molecule has 94 valence electrons. The van der Waals surface area contributed by atoms with Crippen LogP contribution in [0.1, 0.15) is 5.69 Å². The van der Waals surface area contributed by atoms with E-state index in [-0.39, 0.29) is 17.5 Å². The highest BCUT2D eigenvalue weighted by molar-refractivity contribution is 8.00. The molecule has 2 aromatic rings.